The van der Waals surface area contributed by atoms with E-state index < -0.39 is 0 Å². The third-order valence-electron chi connectivity index (χ3n) is 4.22. The van der Waals surface area contributed by atoms with Crippen LogP contribution in [0.4, 0.5) is 0 Å². The summed E-state index contributed by atoms with van der Waals surface area (Å²) < 4.78 is 5.17. The Morgan fingerprint density at radius 2 is 1.58 bits per heavy atom. The van der Waals surface area contributed by atoms with E-state index in [1.54, 1.807) is 7.11 Å². The first-order valence-electron chi connectivity index (χ1n) is 8.35. The highest BCUT2D eigenvalue weighted by molar-refractivity contribution is 5.75. The van der Waals surface area contributed by atoms with E-state index in [9.17, 15) is 10.5 Å². The van der Waals surface area contributed by atoms with Crippen LogP contribution in [-0.2, 0) is 6.42 Å². The van der Waals surface area contributed by atoms with Gasteiger partial charge < -0.3 is 4.74 Å². The third-order valence-corrected chi connectivity index (χ3v) is 4.22. The zero-order chi connectivity index (χ0) is 17.4. The van der Waals surface area contributed by atoms with Crippen molar-refractivity contribution in [2.45, 2.75) is 39.0 Å². The molecule has 0 aliphatic heterocycles. The Kier molecular flexibility index (Phi) is 6.41. The van der Waals surface area contributed by atoms with E-state index in [0.29, 0.717) is 11.1 Å². The molecule has 0 spiro atoms. The number of hydrogen-bond acceptors (Lipinski definition) is 3. The summed E-state index contributed by atoms with van der Waals surface area (Å²) in [5.74, 6) is 0.769. The highest BCUT2D eigenvalue weighted by Gasteiger charge is 2.14. The molecule has 0 atom stereocenters. The molecular weight excluding hydrogens is 296 g/mol. The van der Waals surface area contributed by atoms with Crippen LogP contribution in [0.1, 0.15) is 49.3 Å². The van der Waals surface area contributed by atoms with Gasteiger partial charge in [-0.05, 0) is 36.1 Å². The smallest absolute Gasteiger partial charge is 0.118 e. The Morgan fingerprint density at radius 3 is 2.17 bits per heavy atom. The maximum Gasteiger partial charge on any atom is 0.118 e. The van der Waals surface area contributed by atoms with Gasteiger partial charge in [-0.1, -0.05) is 50.5 Å². The van der Waals surface area contributed by atoms with E-state index in [0.717, 1.165) is 41.7 Å². The third kappa shape index (κ3) is 3.94. The zero-order valence-electron chi connectivity index (χ0n) is 14.3. The van der Waals surface area contributed by atoms with Gasteiger partial charge in [-0.25, -0.2) is 0 Å². The fraction of sp³-hybridized carbons (Fsp3) is 0.333. The number of nitrogens with zero attached hydrogens (tertiary/aromatic N) is 2. The lowest BCUT2D eigenvalue weighted by atomic mass is 9.91. The van der Waals surface area contributed by atoms with E-state index in [1.807, 2.05) is 36.4 Å². The Hall–Kier alpha value is -2.78. The van der Waals surface area contributed by atoms with Crippen molar-refractivity contribution in [3.05, 3.63) is 53.1 Å². The summed E-state index contributed by atoms with van der Waals surface area (Å²) in [5.41, 5.74) is 3.68. The Morgan fingerprint density at radius 1 is 0.875 bits per heavy atom. The normalized spacial score (nSPS) is 10.0. The molecule has 3 heteroatoms. The fourth-order valence-electron chi connectivity index (χ4n) is 2.85. The van der Waals surface area contributed by atoms with Crippen LogP contribution in [0.5, 0.6) is 5.75 Å². The number of benzene rings is 2. The van der Waals surface area contributed by atoms with Crippen molar-refractivity contribution in [2.75, 3.05) is 7.11 Å². The second-order valence-corrected chi connectivity index (χ2v) is 5.79. The quantitative estimate of drug-likeness (QED) is 0.657. The first-order chi connectivity index (χ1) is 11.7. The molecule has 2 rings (SSSR count). The zero-order valence-corrected chi connectivity index (χ0v) is 14.3. The Labute approximate surface area is 144 Å². The van der Waals surface area contributed by atoms with Gasteiger partial charge in [0, 0.05) is 5.56 Å². The molecule has 2 aromatic rings. The summed E-state index contributed by atoms with van der Waals surface area (Å²) in [4.78, 5) is 0. The molecule has 0 saturated carbocycles. The molecule has 0 amide bonds. The van der Waals surface area contributed by atoms with Crippen LogP contribution in [0.3, 0.4) is 0 Å². The number of methoxy groups -OCH3 is 1. The van der Waals surface area contributed by atoms with Crippen molar-refractivity contribution in [1.29, 1.82) is 10.5 Å². The number of ether oxygens (including phenoxy) is 1. The van der Waals surface area contributed by atoms with Gasteiger partial charge in [0.15, 0.2) is 0 Å². The van der Waals surface area contributed by atoms with Crippen LogP contribution in [0.15, 0.2) is 36.4 Å². The second-order valence-electron chi connectivity index (χ2n) is 5.79. The fourth-order valence-corrected chi connectivity index (χ4v) is 2.85. The number of rotatable bonds is 7. The maximum atomic E-state index is 9.60. The van der Waals surface area contributed by atoms with Gasteiger partial charge in [-0.15, -0.1) is 0 Å². The minimum atomic E-state index is 0.468. The standard InChI is InChI=1S/C21H22N2O/c1-3-4-5-6-7-16-10-13-19(21(15-23)20(16)14-22)17-8-11-18(24-2)12-9-17/h8-13H,3-7H2,1-2H3. The molecule has 0 aliphatic rings. The van der Waals surface area contributed by atoms with Gasteiger partial charge in [0.05, 0.1) is 18.2 Å². The van der Waals surface area contributed by atoms with E-state index >= 15 is 0 Å². The summed E-state index contributed by atoms with van der Waals surface area (Å²) in [6.07, 6.45) is 5.45. The van der Waals surface area contributed by atoms with Gasteiger partial charge in [0.2, 0.25) is 0 Å². The van der Waals surface area contributed by atoms with Crippen molar-refractivity contribution >= 4 is 0 Å². The molecule has 0 fully saturated rings. The van der Waals surface area contributed by atoms with Crippen molar-refractivity contribution < 1.29 is 4.74 Å². The highest BCUT2D eigenvalue weighted by Crippen LogP contribution is 2.30. The second kappa shape index (κ2) is 8.75. The molecule has 2 aromatic carbocycles. The van der Waals surface area contributed by atoms with E-state index in [2.05, 4.69) is 19.1 Å². The molecule has 0 radical (unpaired) electrons. The van der Waals surface area contributed by atoms with E-state index in [4.69, 9.17) is 4.74 Å². The first kappa shape index (κ1) is 17.6. The average molecular weight is 318 g/mol. The lowest BCUT2D eigenvalue weighted by Crippen LogP contribution is -1.97. The molecule has 0 aliphatic carbocycles. The van der Waals surface area contributed by atoms with Crippen molar-refractivity contribution in [3.8, 4) is 29.0 Å². The lowest BCUT2D eigenvalue weighted by Gasteiger charge is -2.11. The van der Waals surface area contributed by atoms with Crippen LogP contribution in [0.2, 0.25) is 0 Å². The monoisotopic (exact) mass is 318 g/mol. The molecule has 0 heterocycles. The maximum absolute atomic E-state index is 9.60. The molecule has 0 unspecified atom stereocenters. The predicted molar refractivity (Wildman–Crippen MR) is 95.7 cm³/mol. The Balaban J connectivity index is 2.36. The highest BCUT2D eigenvalue weighted by atomic mass is 16.5. The summed E-state index contributed by atoms with van der Waals surface area (Å²) >= 11 is 0. The van der Waals surface area contributed by atoms with Crippen molar-refractivity contribution in [3.63, 3.8) is 0 Å². The summed E-state index contributed by atoms with van der Waals surface area (Å²) in [7, 11) is 1.62. The average Bonchev–Trinajstić information content (AvgIpc) is 2.64. The number of hydrogen-bond donors (Lipinski definition) is 0. The molecular formula is C21H22N2O. The Bertz CT molecular complexity index is 764. The largest absolute Gasteiger partial charge is 0.497 e. The molecule has 0 aromatic heterocycles. The molecule has 3 nitrogen and oxygen atoms in total. The van der Waals surface area contributed by atoms with E-state index in [1.165, 1.54) is 12.8 Å². The van der Waals surface area contributed by atoms with Crippen LogP contribution in [0.25, 0.3) is 11.1 Å². The summed E-state index contributed by atoms with van der Waals surface area (Å²) in [6.45, 7) is 2.18. The van der Waals surface area contributed by atoms with Gasteiger partial charge in [-0.2, -0.15) is 10.5 Å². The van der Waals surface area contributed by atoms with Gasteiger partial charge >= 0.3 is 0 Å². The van der Waals surface area contributed by atoms with Crippen molar-refractivity contribution in [1.82, 2.24) is 0 Å². The van der Waals surface area contributed by atoms with Crippen LogP contribution < -0.4 is 4.74 Å². The number of aryl methyl sites for hydroxylation is 1. The number of unbranched alkanes of at least 4 members (excludes halogenated alkanes) is 3. The molecule has 0 N–H and O–H groups in total. The predicted octanol–water partition coefficient (Wildman–Crippen LogP) is 5.23. The first-order valence-corrected chi connectivity index (χ1v) is 8.35. The van der Waals surface area contributed by atoms with Gasteiger partial charge in [-0.3, -0.25) is 0 Å². The van der Waals surface area contributed by atoms with Crippen LogP contribution >= 0.6 is 0 Å². The summed E-state index contributed by atoms with van der Waals surface area (Å²) in [6, 6.07) is 16.0. The van der Waals surface area contributed by atoms with Gasteiger partial charge in [0.25, 0.3) is 0 Å². The molecule has 0 saturated heterocycles. The van der Waals surface area contributed by atoms with Crippen LogP contribution in [-0.4, -0.2) is 7.11 Å². The van der Waals surface area contributed by atoms with Gasteiger partial charge in [0.1, 0.15) is 17.9 Å². The lowest BCUT2D eigenvalue weighted by molar-refractivity contribution is 0.415. The number of nitriles is 2. The minimum absolute atomic E-state index is 0.468. The minimum Gasteiger partial charge on any atom is -0.497 e. The summed E-state index contributed by atoms with van der Waals surface area (Å²) in [5, 5.41) is 19.2. The molecule has 0 bridgehead atoms. The topological polar surface area (TPSA) is 56.8 Å². The molecule has 24 heavy (non-hydrogen) atoms. The SMILES string of the molecule is CCCCCCc1ccc(-c2ccc(OC)cc2)c(C#N)c1C#N. The van der Waals surface area contributed by atoms with Crippen LogP contribution in [0, 0.1) is 22.7 Å². The molecule has 122 valence electrons. The van der Waals surface area contributed by atoms with E-state index in [-0.39, 0.29) is 0 Å². The van der Waals surface area contributed by atoms with Crippen molar-refractivity contribution in [2.24, 2.45) is 0 Å².